The van der Waals surface area contributed by atoms with Gasteiger partial charge in [-0.3, -0.25) is 4.90 Å². The maximum atomic E-state index is 12.2. The fourth-order valence-corrected chi connectivity index (χ4v) is 3.41. The van der Waals surface area contributed by atoms with Crippen LogP contribution in [0.4, 0.5) is 10.5 Å². The molecule has 0 bridgehead atoms. The molecule has 2 aliphatic heterocycles. The quantitative estimate of drug-likeness (QED) is 0.815. The van der Waals surface area contributed by atoms with Gasteiger partial charge >= 0.3 is 6.03 Å². The largest absolute Gasteiger partial charge is 0.497 e. The molecule has 0 unspecified atom stereocenters. The number of methoxy groups -OCH3 is 1. The summed E-state index contributed by atoms with van der Waals surface area (Å²) in [7, 11) is 1.62. The third-order valence-electron chi connectivity index (χ3n) is 4.84. The SMILES string of the molecule is COc1ccc(NC(=O)NC[C@@H]([C@@H]2CCOC2)N2CCOCC2)cc1. The monoisotopic (exact) mass is 349 g/mol. The zero-order valence-electron chi connectivity index (χ0n) is 14.7. The molecule has 3 rings (SSSR count). The van der Waals surface area contributed by atoms with Gasteiger partial charge in [-0.1, -0.05) is 0 Å². The normalized spacial score (nSPS) is 22.4. The van der Waals surface area contributed by atoms with Gasteiger partial charge in [-0.25, -0.2) is 4.79 Å². The fourth-order valence-electron chi connectivity index (χ4n) is 3.41. The molecule has 0 aliphatic carbocycles. The highest BCUT2D eigenvalue weighted by atomic mass is 16.5. The van der Waals surface area contributed by atoms with Crippen LogP contribution < -0.4 is 15.4 Å². The van der Waals surface area contributed by atoms with Gasteiger partial charge in [0.2, 0.25) is 0 Å². The number of urea groups is 1. The summed E-state index contributed by atoms with van der Waals surface area (Å²) >= 11 is 0. The highest BCUT2D eigenvalue weighted by molar-refractivity contribution is 5.89. The van der Waals surface area contributed by atoms with Crippen molar-refractivity contribution in [1.82, 2.24) is 10.2 Å². The van der Waals surface area contributed by atoms with Crippen LogP contribution >= 0.6 is 0 Å². The molecule has 2 aliphatic rings. The van der Waals surface area contributed by atoms with Crippen molar-refractivity contribution in [3.63, 3.8) is 0 Å². The van der Waals surface area contributed by atoms with Crippen LogP contribution in [-0.4, -0.2) is 70.1 Å². The first-order valence-electron chi connectivity index (χ1n) is 8.84. The lowest BCUT2D eigenvalue weighted by Gasteiger charge is -2.37. The summed E-state index contributed by atoms with van der Waals surface area (Å²) in [5.74, 6) is 1.22. The molecule has 2 fully saturated rings. The van der Waals surface area contributed by atoms with Gasteiger partial charge in [0.15, 0.2) is 0 Å². The highest BCUT2D eigenvalue weighted by Gasteiger charge is 2.31. The number of nitrogens with zero attached hydrogens (tertiary/aromatic N) is 1. The van der Waals surface area contributed by atoms with Gasteiger partial charge in [0.25, 0.3) is 0 Å². The van der Waals surface area contributed by atoms with Gasteiger partial charge in [0.1, 0.15) is 5.75 Å². The molecule has 2 N–H and O–H groups in total. The molecule has 1 aromatic carbocycles. The van der Waals surface area contributed by atoms with Crippen molar-refractivity contribution < 1.29 is 19.0 Å². The predicted octanol–water partition coefficient (Wildman–Crippen LogP) is 1.55. The average Bonchev–Trinajstić information content (AvgIpc) is 3.18. The third kappa shape index (κ3) is 5.07. The summed E-state index contributed by atoms with van der Waals surface area (Å²) in [5.41, 5.74) is 0.741. The minimum Gasteiger partial charge on any atom is -0.497 e. The first-order valence-corrected chi connectivity index (χ1v) is 8.84. The van der Waals surface area contributed by atoms with Gasteiger partial charge in [-0.05, 0) is 30.7 Å². The first-order chi connectivity index (χ1) is 12.3. The summed E-state index contributed by atoms with van der Waals surface area (Å²) in [6, 6.07) is 7.38. The minimum absolute atomic E-state index is 0.192. The molecule has 0 saturated carbocycles. The number of benzene rings is 1. The van der Waals surface area contributed by atoms with E-state index < -0.39 is 0 Å². The van der Waals surface area contributed by atoms with Crippen molar-refractivity contribution in [2.45, 2.75) is 12.5 Å². The van der Waals surface area contributed by atoms with E-state index in [-0.39, 0.29) is 12.1 Å². The molecule has 7 nitrogen and oxygen atoms in total. The van der Waals surface area contributed by atoms with Crippen LogP contribution in [0.25, 0.3) is 0 Å². The van der Waals surface area contributed by atoms with Crippen molar-refractivity contribution >= 4 is 11.7 Å². The van der Waals surface area contributed by atoms with Crippen molar-refractivity contribution in [3.8, 4) is 5.75 Å². The Labute approximate surface area is 148 Å². The molecule has 1 aromatic rings. The molecule has 0 spiro atoms. The number of hydrogen-bond acceptors (Lipinski definition) is 5. The third-order valence-corrected chi connectivity index (χ3v) is 4.84. The van der Waals surface area contributed by atoms with E-state index in [2.05, 4.69) is 15.5 Å². The smallest absolute Gasteiger partial charge is 0.319 e. The first kappa shape index (κ1) is 18.0. The van der Waals surface area contributed by atoms with Crippen molar-refractivity contribution in [2.24, 2.45) is 5.92 Å². The van der Waals surface area contributed by atoms with E-state index in [9.17, 15) is 4.79 Å². The zero-order chi connectivity index (χ0) is 17.5. The van der Waals surface area contributed by atoms with Gasteiger partial charge in [0.05, 0.1) is 26.9 Å². The zero-order valence-corrected chi connectivity index (χ0v) is 14.7. The van der Waals surface area contributed by atoms with E-state index in [1.165, 1.54) is 0 Å². The number of rotatable bonds is 6. The number of carbonyl (C=O) groups is 1. The number of morpholine rings is 1. The molecule has 2 heterocycles. The number of anilines is 1. The molecule has 138 valence electrons. The van der Waals surface area contributed by atoms with E-state index >= 15 is 0 Å². The average molecular weight is 349 g/mol. The standard InChI is InChI=1S/C18H27N3O4/c1-23-16-4-2-15(3-5-16)20-18(22)19-12-17(14-6-9-25-13-14)21-7-10-24-11-8-21/h2-5,14,17H,6-13H2,1H3,(H2,19,20,22)/t14-,17+/m1/s1. The highest BCUT2D eigenvalue weighted by Crippen LogP contribution is 2.22. The molecular weight excluding hydrogens is 322 g/mol. The van der Waals surface area contributed by atoms with Crippen LogP contribution in [0.2, 0.25) is 0 Å². The van der Waals surface area contributed by atoms with Gasteiger partial charge < -0.3 is 24.8 Å². The molecule has 2 atom stereocenters. The van der Waals surface area contributed by atoms with E-state index in [1.807, 2.05) is 24.3 Å². The fraction of sp³-hybridized carbons (Fsp3) is 0.611. The van der Waals surface area contributed by atoms with Crippen molar-refractivity contribution in [3.05, 3.63) is 24.3 Å². The Morgan fingerprint density at radius 2 is 2.00 bits per heavy atom. The minimum atomic E-state index is -0.192. The van der Waals surface area contributed by atoms with Crippen LogP contribution in [0.5, 0.6) is 5.75 Å². The second-order valence-corrected chi connectivity index (χ2v) is 6.40. The predicted molar refractivity (Wildman–Crippen MR) is 95.1 cm³/mol. The second-order valence-electron chi connectivity index (χ2n) is 6.40. The molecular formula is C18H27N3O4. The van der Waals surface area contributed by atoms with Gasteiger partial charge in [-0.2, -0.15) is 0 Å². The summed E-state index contributed by atoms with van der Waals surface area (Å²) in [6.45, 7) is 5.50. The number of carbonyl (C=O) groups excluding carboxylic acids is 1. The molecule has 2 amide bonds. The summed E-state index contributed by atoms with van der Waals surface area (Å²) in [6.07, 6.45) is 1.05. The topological polar surface area (TPSA) is 72.1 Å². The Morgan fingerprint density at radius 3 is 2.64 bits per heavy atom. The summed E-state index contributed by atoms with van der Waals surface area (Å²) in [4.78, 5) is 14.7. The Hall–Kier alpha value is -1.83. The van der Waals surface area contributed by atoms with Crippen molar-refractivity contribution in [1.29, 1.82) is 0 Å². The number of ether oxygens (including phenoxy) is 3. The van der Waals surface area contributed by atoms with Crippen LogP contribution in [0.15, 0.2) is 24.3 Å². The molecule has 7 heteroatoms. The summed E-state index contributed by atoms with van der Waals surface area (Å²) in [5, 5.41) is 5.88. The lowest BCUT2D eigenvalue weighted by atomic mass is 9.97. The van der Waals surface area contributed by atoms with E-state index in [0.29, 0.717) is 12.5 Å². The number of amides is 2. The number of nitrogens with one attached hydrogen (secondary N) is 2. The maximum Gasteiger partial charge on any atom is 0.319 e. The van der Waals surface area contributed by atoms with Crippen LogP contribution in [0.3, 0.4) is 0 Å². The Bertz CT molecular complexity index is 540. The molecule has 2 saturated heterocycles. The van der Waals surface area contributed by atoms with Gasteiger partial charge in [0, 0.05) is 43.9 Å². The lowest BCUT2D eigenvalue weighted by molar-refractivity contribution is 0.00222. The number of hydrogen-bond donors (Lipinski definition) is 2. The lowest BCUT2D eigenvalue weighted by Crippen LogP contribution is -2.52. The Morgan fingerprint density at radius 1 is 1.24 bits per heavy atom. The Kier molecular flexibility index (Phi) is 6.49. The van der Waals surface area contributed by atoms with E-state index in [4.69, 9.17) is 14.2 Å². The van der Waals surface area contributed by atoms with Crippen LogP contribution in [0.1, 0.15) is 6.42 Å². The van der Waals surface area contributed by atoms with Crippen LogP contribution in [0, 0.1) is 5.92 Å². The maximum absolute atomic E-state index is 12.2. The molecule has 0 radical (unpaired) electrons. The van der Waals surface area contributed by atoms with Gasteiger partial charge in [-0.15, -0.1) is 0 Å². The van der Waals surface area contributed by atoms with Crippen molar-refractivity contribution in [2.75, 3.05) is 58.5 Å². The van der Waals surface area contributed by atoms with E-state index in [0.717, 1.165) is 57.4 Å². The molecule has 0 aromatic heterocycles. The molecule has 25 heavy (non-hydrogen) atoms. The second kappa shape index (κ2) is 9.03. The summed E-state index contributed by atoms with van der Waals surface area (Å²) < 4.78 is 16.1. The Balaban J connectivity index is 1.52. The van der Waals surface area contributed by atoms with Crippen LogP contribution in [-0.2, 0) is 9.47 Å². The van der Waals surface area contributed by atoms with E-state index in [1.54, 1.807) is 7.11 Å².